The van der Waals surface area contributed by atoms with Crippen molar-refractivity contribution in [1.29, 1.82) is 5.26 Å². The van der Waals surface area contributed by atoms with Gasteiger partial charge >= 0.3 is 0 Å². The van der Waals surface area contributed by atoms with E-state index in [0.717, 1.165) is 28.5 Å². The number of nitriles is 1. The largest absolute Gasteiger partial charge is 0.345 e. The van der Waals surface area contributed by atoms with Gasteiger partial charge in [-0.3, -0.25) is 9.48 Å². The molecule has 8 nitrogen and oxygen atoms in total. The summed E-state index contributed by atoms with van der Waals surface area (Å²) >= 11 is 0. The van der Waals surface area contributed by atoms with Gasteiger partial charge in [-0.1, -0.05) is 0 Å². The normalized spacial score (nSPS) is 13.6. The molecule has 4 heterocycles. The van der Waals surface area contributed by atoms with Gasteiger partial charge in [-0.25, -0.2) is 4.98 Å². The maximum absolute atomic E-state index is 13.8. The van der Waals surface area contributed by atoms with E-state index in [1.807, 2.05) is 49.8 Å². The Balaban J connectivity index is 1.62. The van der Waals surface area contributed by atoms with Crippen LogP contribution >= 0.6 is 0 Å². The topological polar surface area (TPSA) is 94.3 Å². The molecule has 0 saturated heterocycles. The van der Waals surface area contributed by atoms with Crippen LogP contribution in [0, 0.1) is 17.2 Å². The number of pyridine rings is 1. The molecule has 32 heavy (non-hydrogen) atoms. The third-order valence-electron chi connectivity index (χ3n) is 5.96. The quantitative estimate of drug-likeness (QED) is 0.443. The first-order valence-corrected chi connectivity index (χ1v) is 10.5. The van der Waals surface area contributed by atoms with Crippen LogP contribution in [-0.4, -0.2) is 29.1 Å². The Hall–Kier alpha value is -4.25. The summed E-state index contributed by atoms with van der Waals surface area (Å²) in [5.74, 6) is 0.646. The van der Waals surface area contributed by atoms with Gasteiger partial charge < -0.3 is 4.57 Å². The van der Waals surface area contributed by atoms with E-state index in [2.05, 4.69) is 14.6 Å². The molecule has 0 atom stereocenters. The molecule has 156 valence electrons. The SMILES string of the molecule is Cn1cc2cc(-n3nc4ccn(CC5CC5)c4c(-c4ccc(C#N)nc4)c3=O)ccc2n1. The molecule has 1 aromatic carbocycles. The summed E-state index contributed by atoms with van der Waals surface area (Å²) < 4.78 is 5.33. The zero-order valence-electron chi connectivity index (χ0n) is 17.4. The monoisotopic (exact) mass is 421 g/mol. The van der Waals surface area contributed by atoms with Crippen molar-refractivity contribution in [1.82, 2.24) is 29.1 Å². The molecule has 0 radical (unpaired) electrons. The number of fused-ring (bicyclic) bond motifs is 2. The molecule has 0 unspecified atom stereocenters. The second-order valence-electron chi connectivity index (χ2n) is 8.33. The highest BCUT2D eigenvalue weighted by Gasteiger charge is 2.25. The van der Waals surface area contributed by atoms with Gasteiger partial charge in [0.1, 0.15) is 17.3 Å². The second-order valence-corrected chi connectivity index (χ2v) is 8.33. The molecule has 0 amide bonds. The zero-order valence-corrected chi connectivity index (χ0v) is 17.4. The first-order valence-electron chi connectivity index (χ1n) is 10.5. The van der Waals surface area contributed by atoms with Gasteiger partial charge in [-0.05, 0) is 55.2 Å². The van der Waals surface area contributed by atoms with Gasteiger partial charge in [0.2, 0.25) is 0 Å². The van der Waals surface area contributed by atoms with E-state index in [1.54, 1.807) is 23.0 Å². The lowest BCUT2D eigenvalue weighted by molar-refractivity contribution is 0.646. The molecule has 0 bridgehead atoms. The molecule has 1 saturated carbocycles. The maximum Gasteiger partial charge on any atom is 0.281 e. The van der Waals surface area contributed by atoms with E-state index in [1.165, 1.54) is 17.5 Å². The molecule has 1 fully saturated rings. The molecule has 8 heteroatoms. The number of hydrogen-bond acceptors (Lipinski definition) is 5. The zero-order chi connectivity index (χ0) is 21.8. The number of benzene rings is 1. The fourth-order valence-electron chi connectivity index (χ4n) is 4.22. The van der Waals surface area contributed by atoms with Crippen LogP contribution in [0.5, 0.6) is 0 Å². The lowest BCUT2D eigenvalue weighted by Crippen LogP contribution is -2.24. The Morgan fingerprint density at radius 1 is 1.12 bits per heavy atom. The van der Waals surface area contributed by atoms with Crippen LogP contribution in [0.2, 0.25) is 0 Å². The van der Waals surface area contributed by atoms with Crippen molar-refractivity contribution in [2.75, 3.05) is 0 Å². The fourth-order valence-corrected chi connectivity index (χ4v) is 4.22. The van der Waals surface area contributed by atoms with Gasteiger partial charge in [0, 0.05) is 43.1 Å². The van der Waals surface area contributed by atoms with E-state index in [4.69, 9.17) is 10.4 Å². The summed E-state index contributed by atoms with van der Waals surface area (Å²) in [6.45, 7) is 0.868. The minimum absolute atomic E-state index is 0.219. The van der Waals surface area contributed by atoms with Crippen LogP contribution in [0.3, 0.4) is 0 Å². The van der Waals surface area contributed by atoms with Gasteiger partial charge in [-0.2, -0.15) is 20.1 Å². The number of hydrogen-bond donors (Lipinski definition) is 0. The summed E-state index contributed by atoms with van der Waals surface area (Å²) in [6, 6.07) is 13.1. The lowest BCUT2D eigenvalue weighted by atomic mass is 10.1. The Bertz CT molecular complexity index is 1590. The van der Waals surface area contributed by atoms with E-state index in [0.29, 0.717) is 28.4 Å². The number of nitrogens with zero attached hydrogens (tertiary/aromatic N) is 7. The van der Waals surface area contributed by atoms with Gasteiger partial charge in [0.25, 0.3) is 5.56 Å². The lowest BCUT2D eigenvalue weighted by Gasteiger charge is -2.12. The van der Waals surface area contributed by atoms with Crippen LogP contribution in [-0.2, 0) is 13.6 Å². The Labute approximate surface area is 183 Å². The first kappa shape index (κ1) is 18.5. The van der Waals surface area contributed by atoms with Gasteiger partial charge in [0.05, 0.1) is 22.3 Å². The van der Waals surface area contributed by atoms with Crippen molar-refractivity contribution >= 4 is 21.9 Å². The molecular weight excluding hydrogens is 402 g/mol. The summed E-state index contributed by atoms with van der Waals surface area (Å²) in [5, 5.41) is 19.2. The van der Waals surface area contributed by atoms with Gasteiger partial charge in [0.15, 0.2) is 0 Å². The molecule has 1 aliphatic carbocycles. The van der Waals surface area contributed by atoms with Crippen LogP contribution < -0.4 is 5.56 Å². The highest BCUT2D eigenvalue weighted by Crippen LogP contribution is 2.33. The van der Waals surface area contributed by atoms with E-state index in [-0.39, 0.29) is 5.56 Å². The van der Waals surface area contributed by atoms with Crippen LogP contribution in [0.1, 0.15) is 18.5 Å². The number of rotatable bonds is 4. The van der Waals surface area contributed by atoms with Crippen molar-refractivity contribution in [2.45, 2.75) is 19.4 Å². The smallest absolute Gasteiger partial charge is 0.281 e. The average Bonchev–Trinajstić information content (AvgIpc) is 3.41. The Kier molecular flexibility index (Phi) is 3.98. The van der Waals surface area contributed by atoms with E-state index >= 15 is 0 Å². The minimum atomic E-state index is -0.219. The average molecular weight is 421 g/mol. The Morgan fingerprint density at radius 3 is 2.75 bits per heavy atom. The molecule has 5 aromatic rings. The molecular formula is C24H19N7O. The summed E-state index contributed by atoms with van der Waals surface area (Å²) in [5.41, 5.74) is 4.41. The molecule has 0 aliphatic heterocycles. The van der Waals surface area contributed by atoms with Crippen molar-refractivity contribution in [2.24, 2.45) is 13.0 Å². The van der Waals surface area contributed by atoms with Crippen LogP contribution in [0.15, 0.2) is 59.8 Å². The fraction of sp³-hybridized carbons (Fsp3) is 0.208. The number of aromatic nitrogens is 6. The molecule has 4 aromatic heterocycles. The molecule has 1 aliphatic rings. The molecule has 0 spiro atoms. The standard InChI is InChI=1S/C24H19N7O/c1-29-14-17-10-19(6-7-20(17)27-29)31-24(32)22(16-4-5-18(11-25)26-12-16)23-21(28-31)8-9-30(23)13-15-2-3-15/h4-10,12,14-15H,2-3,13H2,1H3. The Morgan fingerprint density at radius 2 is 2.00 bits per heavy atom. The third-order valence-corrected chi connectivity index (χ3v) is 5.96. The molecule has 0 N–H and O–H groups in total. The maximum atomic E-state index is 13.8. The predicted molar refractivity (Wildman–Crippen MR) is 120 cm³/mol. The number of aryl methyl sites for hydroxylation is 1. The van der Waals surface area contributed by atoms with Crippen molar-refractivity contribution in [3.05, 3.63) is 71.0 Å². The third kappa shape index (κ3) is 2.98. The molecule has 6 rings (SSSR count). The minimum Gasteiger partial charge on any atom is -0.345 e. The van der Waals surface area contributed by atoms with E-state index in [9.17, 15) is 4.79 Å². The summed E-state index contributed by atoms with van der Waals surface area (Å²) in [4.78, 5) is 18.0. The highest BCUT2D eigenvalue weighted by molar-refractivity contribution is 5.92. The van der Waals surface area contributed by atoms with Crippen LogP contribution in [0.4, 0.5) is 0 Å². The van der Waals surface area contributed by atoms with Crippen molar-refractivity contribution in [3.63, 3.8) is 0 Å². The highest BCUT2D eigenvalue weighted by atomic mass is 16.1. The van der Waals surface area contributed by atoms with Crippen molar-refractivity contribution in [3.8, 4) is 22.9 Å². The predicted octanol–water partition coefficient (Wildman–Crippen LogP) is 3.42. The summed E-state index contributed by atoms with van der Waals surface area (Å²) in [7, 11) is 1.87. The van der Waals surface area contributed by atoms with Gasteiger partial charge in [-0.15, -0.1) is 0 Å². The van der Waals surface area contributed by atoms with Crippen molar-refractivity contribution < 1.29 is 0 Å². The van der Waals surface area contributed by atoms with Crippen LogP contribution in [0.25, 0.3) is 38.8 Å². The first-order chi connectivity index (χ1) is 15.6. The second kappa shape index (κ2) is 6.89. The van der Waals surface area contributed by atoms with E-state index < -0.39 is 0 Å². The summed E-state index contributed by atoms with van der Waals surface area (Å²) in [6.07, 6.45) is 7.94.